The van der Waals surface area contributed by atoms with E-state index in [1.165, 1.54) is 17.5 Å². The van der Waals surface area contributed by atoms with Gasteiger partial charge in [-0.1, -0.05) is 49.4 Å². The SMILES string of the molecule is CCCNC(c1cccc(OCc2ccccc2)c1)C1CCCOC1. The van der Waals surface area contributed by atoms with Crippen LogP contribution in [0.4, 0.5) is 0 Å². The summed E-state index contributed by atoms with van der Waals surface area (Å²) in [7, 11) is 0. The van der Waals surface area contributed by atoms with Gasteiger partial charge in [-0.2, -0.15) is 0 Å². The van der Waals surface area contributed by atoms with Crippen LogP contribution in [0.1, 0.15) is 43.4 Å². The molecule has 0 saturated carbocycles. The van der Waals surface area contributed by atoms with Crippen molar-refractivity contribution in [3.63, 3.8) is 0 Å². The smallest absolute Gasteiger partial charge is 0.120 e. The zero-order valence-electron chi connectivity index (χ0n) is 15.1. The van der Waals surface area contributed by atoms with Crippen LogP contribution in [0.2, 0.25) is 0 Å². The summed E-state index contributed by atoms with van der Waals surface area (Å²) in [4.78, 5) is 0. The van der Waals surface area contributed by atoms with Crippen LogP contribution in [0.25, 0.3) is 0 Å². The molecule has 25 heavy (non-hydrogen) atoms. The van der Waals surface area contributed by atoms with Gasteiger partial charge in [-0.15, -0.1) is 0 Å². The van der Waals surface area contributed by atoms with Gasteiger partial charge in [0.05, 0.1) is 6.61 Å². The van der Waals surface area contributed by atoms with E-state index in [1.807, 2.05) is 24.3 Å². The Bertz CT molecular complexity index is 623. The zero-order chi connectivity index (χ0) is 17.3. The van der Waals surface area contributed by atoms with Crippen LogP contribution in [-0.2, 0) is 11.3 Å². The van der Waals surface area contributed by atoms with E-state index in [9.17, 15) is 0 Å². The quantitative estimate of drug-likeness (QED) is 0.754. The number of nitrogens with one attached hydrogen (secondary N) is 1. The van der Waals surface area contributed by atoms with Gasteiger partial charge in [-0.25, -0.2) is 0 Å². The molecule has 0 spiro atoms. The first-order chi connectivity index (χ1) is 12.4. The van der Waals surface area contributed by atoms with Crippen LogP contribution in [0.15, 0.2) is 54.6 Å². The van der Waals surface area contributed by atoms with Gasteiger partial charge in [0.1, 0.15) is 12.4 Å². The highest BCUT2D eigenvalue weighted by atomic mass is 16.5. The Morgan fingerprint density at radius 2 is 2.04 bits per heavy atom. The minimum absolute atomic E-state index is 0.334. The molecule has 0 aromatic heterocycles. The molecule has 2 unspecified atom stereocenters. The van der Waals surface area contributed by atoms with E-state index in [4.69, 9.17) is 9.47 Å². The number of ether oxygens (including phenoxy) is 2. The average molecular weight is 339 g/mol. The van der Waals surface area contributed by atoms with Crippen LogP contribution < -0.4 is 10.1 Å². The topological polar surface area (TPSA) is 30.5 Å². The van der Waals surface area contributed by atoms with Crippen molar-refractivity contribution < 1.29 is 9.47 Å². The molecule has 1 saturated heterocycles. The largest absolute Gasteiger partial charge is 0.489 e. The summed E-state index contributed by atoms with van der Waals surface area (Å²) in [6.07, 6.45) is 3.50. The molecule has 1 N–H and O–H groups in total. The van der Waals surface area contributed by atoms with Gasteiger partial charge < -0.3 is 14.8 Å². The van der Waals surface area contributed by atoms with Gasteiger partial charge in [0.2, 0.25) is 0 Å². The predicted octanol–water partition coefficient (Wildman–Crippen LogP) is 4.73. The highest BCUT2D eigenvalue weighted by Gasteiger charge is 2.25. The maximum atomic E-state index is 6.02. The molecule has 1 aliphatic heterocycles. The molecule has 2 aromatic rings. The molecule has 1 fully saturated rings. The van der Waals surface area contributed by atoms with Gasteiger partial charge in [0.25, 0.3) is 0 Å². The lowest BCUT2D eigenvalue weighted by atomic mass is 9.88. The Balaban J connectivity index is 1.70. The monoisotopic (exact) mass is 339 g/mol. The minimum Gasteiger partial charge on any atom is -0.489 e. The summed E-state index contributed by atoms with van der Waals surface area (Å²) in [6.45, 7) is 5.58. The van der Waals surface area contributed by atoms with Crippen molar-refractivity contribution in [3.05, 3.63) is 65.7 Å². The highest BCUT2D eigenvalue weighted by molar-refractivity contribution is 5.31. The lowest BCUT2D eigenvalue weighted by molar-refractivity contribution is 0.0390. The molecular weight excluding hydrogens is 310 g/mol. The van der Waals surface area contributed by atoms with Crippen LogP contribution >= 0.6 is 0 Å². The Kier molecular flexibility index (Phi) is 6.89. The molecule has 0 radical (unpaired) electrons. The van der Waals surface area contributed by atoms with Gasteiger partial charge in [-0.05, 0) is 49.1 Å². The summed E-state index contributed by atoms with van der Waals surface area (Å²) in [6, 6.07) is 19.2. The fourth-order valence-electron chi connectivity index (χ4n) is 3.42. The molecule has 0 bridgehead atoms. The first-order valence-corrected chi connectivity index (χ1v) is 9.44. The number of rotatable bonds is 8. The summed E-state index contributed by atoms with van der Waals surface area (Å²) in [5.74, 6) is 1.46. The van der Waals surface area contributed by atoms with E-state index < -0.39 is 0 Å². The van der Waals surface area contributed by atoms with Crippen LogP contribution in [0, 0.1) is 5.92 Å². The van der Waals surface area contributed by atoms with Crippen molar-refractivity contribution in [2.45, 2.75) is 38.8 Å². The second-order valence-electron chi connectivity index (χ2n) is 6.76. The molecule has 1 aliphatic rings. The van der Waals surface area contributed by atoms with Gasteiger partial charge in [-0.3, -0.25) is 0 Å². The molecular formula is C22H29NO2. The maximum Gasteiger partial charge on any atom is 0.120 e. The maximum absolute atomic E-state index is 6.02. The fraction of sp³-hybridized carbons (Fsp3) is 0.455. The standard InChI is InChI=1S/C22H29NO2/c1-2-13-23-22(20-11-7-14-24-17-20)19-10-6-12-21(15-19)25-16-18-8-4-3-5-9-18/h3-6,8-10,12,15,20,22-23H,2,7,11,13-14,16-17H2,1H3. The van der Waals surface area contributed by atoms with Crippen LogP contribution in [-0.4, -0.2) is 19.8 Å². The van der Waals surface area contributed by atoms with E-state index in [-0.39, 0.29) is 0 Å². The summed E-state index contributed by atoms with van der Waals surface area (Å²) in [5, 5.41) is 3.72. The summed E-state index contributed by atoms with van der Waals surface area (Å²) >= 11 is 0. The van der Waals surface area contributed by atoms with Crippen molar-refractivity contribution in [2.75, 3.05) is 19.8 Å². The predicted molar refractivity (Wildman–Crippen MR) is 102 cm³/mol. The van der Waals surface area contributed by atoms with E-state index in [2.05, 4.69) is 42.6 Å². The summed E-state index contributed by atoms with van der Waals surface area (Å²) < 4.78 is 11.7. The number of hydrogen-bond donors (Lipinski definition) is 1. The first kappa shape index (κ1) is 18.0. The van der Waals surface area contributed by atoms with Gasteiger partial charge in [0.15, 0.2) is 0 Å². The Hall–Kier alpha value is -1.84. The van der Waals surface area contributed by atoms with Crippen molar-refractivity contribution in [2.24, 2.45) is 5.92 Å². The van der Waals surface area contributed by atoms with Crippen molar-refractivity contribution in [1.29, 1.82) is 0 Å². The van der Waals surface area contributed by atoms with Crippen molar-refractivity contribution >= 4 is 0 Å². The third kappa shape index (κ3) is 5.32. The molecule has 3 nitrogen and oxygen atoms in total. The van der Waals surface area contributed by atoms with Gasteiger partial charge in [0, 0.05) is 18.6 Å². The Morgan fingerprint density at radius 3 is 2.80 bits per heavy atom. The molecule has 0 aliphatic carbocycles. The summed E-state index contributed by atoms with van der Waals surface area (Å²) in [5.41, 5.74) is 2.49. The molecule has 3 heteroatoms. The van der Waals surface area contributed by atoms with E-state index in [0.29, 0.717) is 18.6 Å². The van der Waals surface area contributed by atoms with E-state index in [1.54, 1.807) is 0 Å². The molecule has 134 valence electrons. The second-order valence-corrected chi connectivity index (χ2v) is 6.76. The fourth-order valence-corrected chi connectivity index (χ4v) is 3.42. The van der Waals surface area contributed by atoms with Crippen molar-refractivity contribution in [3.8, 4) is 5.75 Å². The molecule has 2 atom stereocenters. The lowest BCUT2D eigenvalue weighted by Crippen LogP contribution is -2.33. The average Bonchev–Trinajstić information content (AvgIpc) is 2.69. The van der Waals surface area contributed by atoms with Crippen LogP contribution in [0.5, 0.6) is 5.75 Å². The molecule has 2 aromatic carbocycles. The lowest BCUT2D eigenvalue weighted by Gasteiger charge is -2.31. The Morgan fingerprint density at radius 1 is 1.16 bits per heavy atom. The minimum atomic E-state index is 0.334. The van der Waals surface area contributed by atoms with E-state index in [0.717, 1.165) is 38.3 Å². The zero-order valence-corrected chi connectivity index (χ0v) is 15.1. The third-order valence-corrected chi connectivity index (χ3v) is 4.75. The third-order valence-electron chi connectivity index (χ3n) is 4.75. The molecule has 3 rings (SSSR count). The number of hydrogen-bond acceptors (Lipinski definition) is 3. The second kappa shape index (κ2) is 9.59. The highest BCUT2D eigenvalue weighted by Crippen LogP contribution is 2.30. The molecule has 0 amide bonds. The van der Waals surface area contributed by atoms with Gasteiger partial charge >= 0.3 is 0 Å². The number of benzene rings is 2. The van der Waals surface area contributed by atoms with Crippen LogP contribution in [0.3, 0.4) is 0 Å². The molecule has 1 heterocycles. The first-order valence-electron chi connectivity index (χ1n) is 9.44. The van der Waals surface area contributed by atoms with Crippen molar-refractivity contribution in [1.82, 2.24) is 5.32 Å². The normalized spacial score (nSPS) is 18.7. The Labute approximate surface area is 151 Å². The van der Waals surface area contributed by atoms with E-state index >= 15 is 0 Å².